The summed E-state index contributed by atoms with van der Waals surface area (Å²) in [5.41, 5.74) is 0.539. The Hall–Kier alpha value is -2.64. The summed E-state index contributed by atoms with van der Waals surface area (Å²) in [7, 11) is 0. The highest BCUT2D eigenvalue weighted by molar-refractivity contribution is 5.96. The summed E-state index contributed by atoms with van der Waals surface area (Å²) < 4.78 is 4.93. The molecule has 0 unspecified atom stereocenters. The van der Waals surface area contributed by atoms with Crippen molar-refractivity contribution in [2.75, 3.05) is 5.32 Å². The normalized spacial score (nSPS) is 12.2. The predicted molar refractivity (Wildman–Crippen MR) is 83.5 cm³/mol. The molecule has 2 heterocycles. The van der Waals surface area contributed by atoms with E-state index in [2.05, 4.69) is 26.0 Å². The number of hydrogen-bond donors (Lipinski definition) is 3. The van der Waals surface area contributed by atoms with Crippen LogP contribution in [0, 0.1) is 12.8 Å². The molecule has 0 bridgehead atoms. The van der Waals surface area contributed by atoms with E-state index in [1.165, 1.54) is 0 Å². The van der Waals surface area contributed by atoms with Gasteiger partial charge in [0, 0.05) is 12.1 Å². The fourth-order valence-corrected chi connectivity index (χ4v) is 2.16. The predicted octanol–water partition coefficient (Wildman–Crippen LogP) is 1.42. The van der Waals surface area contributed by atoms with Gasteiger partial charge < -0.3 is 15.2 Å². The third-order valence-corrected chi connectivity index (χ3v) is 3.14. The highest BCUT2D eigenvalue weighted by atomic mass is 16.5. The number of hydrogen-bond acceptors (Lipinski definition) is 5. The second kappa shape index (κ2) is 7.57. The van der Waals surface area contributed by atoms with Crippen LogP contribution in [0.5, 0.6) is 0 Å². The van der Waals surface area contributed by atoms with Gasteiger partial charge in [0.25, 0.3) is 0 Å². The quantitative estimate of drug-likeness (QED) is 0.714. The zero-order valence-corrected chi connectivity index (χ0v) is 13.4. The molecule has 1 atom stereocenters. The minimum absolute atomic E-state index is 0.0727. The summed E-state index contributed by atoms with van der Waals surface area (Å²) >= 11 is 0. The van der Waals surface area contributed by atoms with E-state index >= 15 is 0 Å². The van der Waals surface area contributed by atoms with Gasteiger partial charge in [-0.2, -0.15) is 5.10 Å². The minimum Gasteiger partial charge on any atom is -0.361 e. The van der Waals surface area contributed by atoms with Crippen LogP contribution in [0.15, 0.2) is 22.9 Å². The standard InChI is InChI=1S/C15H21N5O3/c1-9(2)6-12(15(22)18-13-4-5-16-19-13)17-14(21)8-11-7-10(3)23-20-11/h4-5,7,9,12H,6,8H2,1-3H3,(H,17,21)(H2,16,18,19,22)/t12-/m1/s1. The van der Waals surface area contributed by atoms with Crippen LogP contribution in [0.1, 0.15) is 31.7 Å². The molecule has 2 aromatic heterocycles. The number of amides is 2. The SMILES string of the molecule is Cc1cc(CC(=O)N[C@H](CC(C)C)C(=O)Nc2ccn[nH]2)no1. The van der Waals surface area contributed by atoms with Crippen LogP contribution in [0.3, 0.4) is 0 Å². The first-order chi connectivity index (χ1) is 10.9. The molecule has 2 amide bonds. The Bertz CT molecular complexity index is 648. The van der Waals surface area contributed by atoms with Gasteiger partial charge in [-0.15, -0.1) is 0 Å². The molecule has 2 aromatic rings. The molecule has 2 rings (SSSR count). The van der Waals surface area contributed by atoms with E-state index in [0.717, 1.165) is 0 Å². The summed E-state index contributed by atoms with van der Waals surface area (Å²) in [6.45, 7) is 5.74. The van der Waals surface area contributed by atoms with Crippen LogP contribution >= 0.6 is 0 Å². The van der Waals surface area contributed by atoms with Gasteiger partial charge in [0.05, 0.1) is 18.3 Å². The molecule has 0 spiro atoms. The monoisotopic (exact) mass is 319 g/mol. The van der Waals surface area contributed by atoms with Crippen molar-refractivity contribution < 1.29 is 14.1 Å². The first kappa shape index (κ1) is 16.7. The van der Waals surface area contributed by atoms with E-state index in [4.69, 9.17) is 4.52 Å². The van der Waals surface area contributed by atoms with Crippen molar-refractivity contribution in [2.24, 2.45) is 5.92 Å². The molecule has 0 aliphatic heterocycles. The molecule has 8 nitrogen and oxygen atoms in total. The van der Waals surface area contributed by atoms with Gasteiger partial charge in [0.2, 0.25) is 11.8 Å². The number of aromatic amines is 1. The van der Waals surface area contributed by atoms with Crippen LogP contribution in [0.4, 0.5) is 5.82 Å². The van der Waals surface area contributed by atoms with Crippen molar-refractivity contribution in [3.8, 4) is 0 Å². The van der Waals surface area contributed by atoms with Gasteiger partial charge >= 0.3 is 0 Å². The third kappa shape index (κ3) is 5.24. The lowest BCUT2D eigenvalue weighted by Gasteiger charge is -2.19. The number of aromatic nitrogens is 3. The van der Waals surface area contributed by atoms with Crippen molar-refractivity contribution in [2.45, 2.75) is 39.7 Å². The van der Waals surface area contributed by atoms with E-state index in [1.807, 2.05) is 13.8 Å². The molecule has 0 saturated heterocycles. The van der Waals surface area contributed by atoms with Crippen molar-refractivity contribution in [1.82, 2.24) is 20.7 Å². The van der Waals surface area contributed by atoms with Crippen molar-refractivity contribution in [3.63, 3.8) is 0 Å². The van der Waals surface area contributed by atoms with Crippen molar-refractivity contribution in [3.05, 3.63) is 29.8 Å². The highest BCUT2D eigenvalue weighted by Gasteiger charge is 2.23. The summed E-state index contributed by atoms with van der Waals surface area (Å²) in [5, 5.41) is 15.7. The molecule has 0 fully saturated rings. The molecule has 0 radical (unpaired) electrons. The number of anilines is 1. The van der Waals surface area contributed by atoms with Gasteiger partial charge in [0.1, 0.15) is 17.6 Å². The van der Waals surface area contributed by atoms with Gasteiger partial charge in [-0.1, -0.05) is 19.0 Å². The van der Waals surface area contributed by atoms with Crippen molar-refractivity contribution >= 4 is 17.6 Å². The van der Waals surface area contributed by atoms with Gasteiger partial charge in [-0.05, 0) is 19.3 Å². The maximum atomic E-state index is 12.3. The Morgan fingerprint density at radius 3 is 2.74 bits per heavy atom. The summed E-state index contributed by atoms with van der Waals surface area (Å²) in [6, 6.07) is 2.71. The van der Waals surface area contributed by atoms with Gasteiger partial charge in [0.15, 0.2) is 0 Å². The van der Waals surface area contributed by atoms with E-state index in [0.29, 0.717) is 23.7 Å². The molecule has 3 N–H and O–H groups in total. The van der Waals surface area contributed by atoms with E-state index in [-0.39, 0.29) is 24.2 Å². The zero-order valence-electron chi connectivity index (χ0n) is 13.4. The molecular formula is C15H21N5O3. The smallest absolute Gasteiger partial charge is 0.248 e. The third-order valence-electron chi connectivity index (χ3n) is 3.14. The van der Waals surface area contributed by atoms with Crippen LogP contribution in [0.2, 0.25) is 0 Å². The largest absolute Gasteiger partial charge is 0.361 e. The molecule has 0 aliphatic carbocycles. The summed E-state index contributed by atoms with van der Waals surface area (Å²) in [4.78, 5) is 24.5. The summed E-state index contributed by atoms with van der Waals surface area (Å²) in [6.07, 6.45) is 2.14. The molecular weight excluding hydrogens is 298 g/mol. The Morgan fingerprint density at radius 1 is 1.39 bits per heavy atom. The summed E-state index contributed by atoms with van der Waals surface area (Å²) in [5.74, 6) is 0.826. The Labute approximate surface area is 134 Å². The van der Waals surface area contributed by atoms with E-state index in [9.17, 15) is 9.59 Å². The average Bonchev–Trinajstić information content (AvgIpc) is 3.09. The number of nitrogens with zero attached hydrogens (tertiary/aromatic N) is 2. The lowest BCUT2D eigenvalue weighted by atomic mass is 10.0. The number of carbonyl (C=O) groups excluding carboxylic acids is 2. The van der Waals surface area contributed by atoms with Crippen LogP contribution in [0.25, 0.3) is 0 Å². The fourth-order valence-electron chi connectivity index (χ4n) is 2.16. The molecule has 124 valence electrons. The second-order valence-electron chi connectivity index (χ2n) is 5.81. The molecule has 8 heteroatoms. The molecule has 0 aromatic carbocycles. The number of rotatable bonds is 7. The molecule has 23 heavy (non-hydrogen) atoms. The molecule has 0 saturated carbocycles. The number of H-pyrrole nitrogens is 1. The van der Waals surface area contributed by atoms with Crippen molar-refractivity contribution in [1.29, 1.82) is 0 Å². The van der Waals surface area contributed by atoms with Crippen LogP contribution < -0.4 is 10.6 Å². The topological polar surface area (TPSA) is 113 Å². The number of carbonyl (C=O) groups is 2. The van der Waals surface area contributed by atoms with Gasteiger partial charge in [-0.3, -0.25) is 14.7 Å². The lowest BCUT2D eigenvalue weighted by molar-refractivity contribution is -0.126. The highest BCUT2D eigenvalue weighted by Crippen LogP contribution is 2.09. The van der Waals surface area contributed by atoms with E-state index < -0.39 is 6.04 Å². The number of aryl methyl sites for hydroxylation is 1. The Morgan fingerprint density at radius 2 is 2.17 bits per heavy atom. The first-order valence-corrected chi connectivity index (χ1v) is 7.46. The van der Waals surface area contributed by atoms with Crippen LogP contribution in [-0.2, 0) is 16.0 Å². The van der Waals surface area contributed by atoms with E-state index in [1.54, 1.807) is 25.3 Å². The average molecular weight is 319 g/mol. The number of nitrogens with one attached hydrogen (secondary N) is 3. The Kier molecular flexibility index (Phi) is 5.51. The fraction of sp³-hybridized carbons (Fsp3) is 0.467. The lowest BCUT2D eigenvalue weighted by Crippen LogP contribution is -2.45. The molecule has 0 aliphatic rings. The first-order valence-electron chi connectivity index (χ1n) is 7.46. The second-order valence-corrected chi connectivity index (χ2v) is 5.81. The Balaban J connectivity index is 1.96. The van der Waals surface area contributed by atoms with Crippen LogP contribution in [-0.4, -0.2) is 33.2 Å². The van der Waals surface area contributed by atoms with Gasteiger partial charge in [-0.25, -0.2) is 0 Å². The maximum Gasteiger partial charge on any atom is 0.248 e. The maximum absolute atomic E-state index is 12.3. The minimum atomic E-state index is -0.626. The zero-order chi connectivity index (χ0) is 16.8.